The summed E-state index contributed by atoms with van der Waals surface area (Å²) in [7, 11) is 1.12. The highest BCUT2D eigenvalue weighted by molar-refractivity contribution is 9.10. The third kappa shape index (κ3) is 2.20. The molecule has 0 aliphatic carbocycles. The highest BCUT2D eigenvalue weighted by Crippen LogP contribution is 2.32. The Balaban J connectivity index is 3.74. The normalized spacial score (nSPS) is 11.0. The van der Waals surface area contributed by atoms with Gasteiger partial charge in [0.2, 0.25) is 0 Å². The summed E-state index contributed by atoms with van der Waals surface area (Å²) in [5.74, 6) is 0. The van der Waals surface area contributed by atoms with Gasteiger partial charge in [-0.3, -0.25) is 0 Å². The number of hydrogen-bond acceptors (Lipinski definition) is 3. The predicted molar refractivity (Wildman–Crippen MR) is 56.9 cm³/mol. The van der Waals surface area contributed by atoms with E-state index in [9.17, 15) is 8.42 Å². The lowest BCUT2D eigenvalue weighted by molar-refractivity contribution is 0.609. The molecule has 0 N–H and O–H groups in total. The van der Waals surface area contributed by atoms with Gasteiger partial charge < -0.3 is 0 Å². The fourth-order valence-electron chi connectivity index (χ4n) is 0.876. The Morgan fingerprint density at radius 1 is 1.43 bits per heavy atom. The van der Waals surface area contributed by atoms with E-state index < -0.39 is 9.05 Å². The summed E-state index contributed by atoms with van der Waals surface area (Å²) in [6.07, 6.45) is 0. The Morgan fingerprint density at radius 3 is 2.36 bits per heavy atom. The maximum Gasteiger partial charge on any atom is 0.264 e. The summed E-state index contributed by atoms with van der Waals surface area (Å²) in [6, 6.07) is 4.54. The van der Waals surface area contributed by atoms with Crippen LogP contribution in [0.2, 0.25) is 5.02 Å². The van der Waals surface area contributed by atoms with Gasteiger partial charge in [0.1, 0.15) is 11.0 Å². The quantitative estimate of drug-likeness (QED) is 0.749. The summed E-state index contributed by atoms with van der Waals surface area (Å²) in [5.41, 5.74) is -0.0903. The maximum atomic E-state index is 11.1. The summed E-state index contributed by atoms with van der Waals surface area (Å²) in [4.78, 5) is -0.363. The minimum absolute atomic E-state index is 0.0697. The first-order valence-corrected chi connectivity index (χ1v) is 6.68. The molecule has 0 amide bonds. The first kappa shape index (κ1) is 11.8. The van der Waals surface area contributed by atoms with Gasteiger partial charge in [-0.15, -0.1) is 0 Å². The van der Waals surface area contributed by atoms with Crippen molar-refractivity contribution < 1.29 is 8.42 Å². The van der Waals surface area contributed by atoms with Gasteiger partial charge in [-0.2, -0.15) is 5.26 Å². The van der Waals surface area contributed by atoms with E-state index in [1.807, 2.05) is 0 Å². The van der Waals surface area contributed by atoms with Crippen molar-refractivity contribution in [1.29, 1.82) is 5.26 Å². The van der Waals surface area contributed by atoms with Crippen LogP contribution in [-0.2, 0) is 9.05 Å². The lowest BCUT2D eigenvalue weighted by atomic mass is 10.2. The van der Waals surface area contributed by atoms with E-state index in [-0.39, 0.29) is 15.5 Å². The molecule has 0 spiro atoms. The SMILES string of the molecule is N#Cc1c(Br)ccc(Cl)c1S(=O)(=O)Cl. The van der Waals surface area contributed by atoms with Gasteiger partial charge in [-0.25, -0.2) is 8.42 Å². The molecule has 1 rings (SSSR count). The second kappa shape index (κ2) is 4.07. The van der Waals surface area contributed by atoms with Crippen LogP contribution < -0.4 is 0 Å². The molecule has 0 atom stereocenters. The van der Waals surface area contributed by atoms with Gasteiger partial charge >= 0.3 is 0 Å². The molecule has 0 aliphatic rings. The average Bonchev–Trinajstić information content (AvgIpc) is 2.06. The molecule has 1 aromatic carbocycles. The van der Waals surface area contributed by atoms with Crippen molar-refractivity contribution in [2.75, 3.05) is 0 Å². The lowest BCUT2D eigenvalue weighted by Gasteiger charge is -2.03. The maximum absolute atomic E-state index is 11.1. The highest BCUT2D eigenvalue weighted by Gasteiger charge is 2.21. The summed E-state index contributed by atoms with van der Waals surface area (Å²) < 4.78 is 22.5. The van der Waals surface area contributed by atoms with Gasteiger partial charge in [0.05, 0.1) is 10.6 Å². The first-order valence-electron chi connectivity index (χ1n) is 3.20. The number of halogens is 3. The zero-order chi connectivity index (χ0) is 10.9. The van der Waals surface area contributed by atoms with Gasteiger partial charge in [0, 0.05) is 15.2 Å². The minimum atomic E-state index is -4.01. The lowest BCUT2D eigenvalue weighted by Crippen LogP contribution is -1.97. The molecule has 0 aromatic heterocycles. The zero-order valence-corrected chi connectivity index (χ0v) is 10.4. The predicted octanol–water partition coefficient (Wildman–Crippen LogP) is 2.90. The van der Waals surface area contributed by atoms with Crippen LogP contribution in [0.25, 0.3) is 0 Å². The van der Waals surface area contributed by atoms with Crippen LogP contribution in [0.4, 0.5) is 0 Å². The smallest absolute Gasteiger partial charge is 0.207 e. The second-order valence-corrected chi connectivity index (χ2v) is 6.05. The molecule has 0 bridgehead atoms. The van der Waals surface area contributed by atoms with Crippen LogP contribution >= 0.6 is 38.2 Å². The minimum Gasteiger partial charge on any atom is -0.207 e. The van der Waals surface area contributed by atoms with Crippen molar-refractivity contribution in [2.24, 2.45) is 0 Å². The first-order chi connectivity index (χ1) is 6.38. The Labute approximate surface area is 98.8 Å². The average molecular weight is 315 g/mol. The number of nitriles is 1. The molecule has 0 aliphatic heterocycles. The summed E-state index contributed by atoms with van der Waals surface area (Å²) in [5, 5.41) is 8.66. The van der Waals surface area contributed by atoms with E-state index in [0.717, 1.165) is 0 Å². The third-order valence-electron chi connectivity index (χ3n) is 1.41. The van der Waals surface area contributed by atoms with Crippen molar-refractivity contribution in [3.63, 3.8) is 0 Å². The van der Waals surface area contributed by atoms with Gasteiger partial charge in [-0.1, -0.05) is 11.6 Å². The number of nitrogens with zero attached hydrogens (tertiary/aromatic N) is 1. The standard InChI is InChI=1S/C7H2BrCl2NO2S/c8-5-1-2-6(9)7(4(5)3-11)14(10,12)13/h1-2H. The second-order valence-electron chi connectivity index (χ2n) is 2.28. The van der Waals surface area contributed by atoms with E-state index >= 15 is 0 Å². The number of benzene rings is 1. The van der Waals surface area contributed by atoms with Crippen molar-refractivity contribution in [2.45, 2.75) is 4.90 Å². The number of rotatable bonds is 1. The molecule has 74 valence electrons. The molecular weight excluding hydrogens is 313 g/mol. The van der Waals surface area contributed by atoms with Crippen LogP contribution in [0.15, 0.2) is 21.5 Å². The monoisotopic (exact) mass is 313 g/mol. The fraction of sp³-hybridized carbons (Fsp3) is 0. The van der Waals surface area contributed by atoms with Crippen LogP contribution in [0.3, 0.4) is 0 Å². The van der Waals surface area contributed by atoms with E-state index in [0.29, 0.717) is 4.47 Å². The van der Waals surface area contributed by atoms with Crippen LogP contribution in [0.1, 0.15) is 5.56 Å². The Bertz CT molecular complexity index is 521. The summed E-state index contributed by atoms with van der Waals surface area (Å²) in [6.45, 7) is 0. The molecule has 0 saturated heterocycles. The molecule has 7 heteroatoms. The molecular formula is C7H2BrCl2NO2S. The summed E-state index contributed by atoms with van der Waals surface area (Å²) >= 11 is 8.66. The Morgan fingerprint density at radius 2 is 2.00 bits per heavy atom. The molecule has 0 unspecified atom stereocenters. The van der Waals surface area contributed by atoms with Crippen molar-refractivity contribution in [3.05, 3.63) is 27.2 Å². The topological polar surface area (TPSA) is 57.9 Å². The van der Waals surface area contributed by atoms with Crippen molar-refractivity contribution >= 4 is 47.3 Å². The molecule has 0 heterocycles. The molecule has 3 nitrogen and oxygen atoms in total. The van der Waals surface area contributed by atoms with Gasteiger partial charge in [0.25, 0.3) is 9.05 Å². The van der Waals surface area contributed by atoms with Crippen LogP contribution in [0, 0.1) is 11.3 Å². The third-order valence-corrected chi connectivity index (χ3v) is 3.88. The molecule has 0 radical (unpaired) electrons. The molecule has 14 heavy (non-hydrogen) atoms. The zero-order valence-electron chi connectivity index (χ0n) is 6.46. The van der Waals surface area contributed by atoms with Gasteiger partial charge in [-0.05, 0) is 28.1 Å². The van der Waals surface area contributed by atoms with E-state index in [1.165, 1.54) is 12.1 Å². The van der Waals surface area contributed by atoms with E-state index in [4.69, 9.17) is 27.5 Å². The Hall–Kier alpha value is -0.280. The van der Waals surface area contributed by atoms with Crippen LogP contribution in [0.5, 0.6) is 0 Å². The van der Waals surface area contributed by atoms with Crippen LogP contribution in [-0.4, -0.2) is 8.42 Å². The molecule has 0 saturated carbocycles. The molecule has 1 aromatic rings. The largest absolute Gasteiger partial charge is 0.264 e. The van der Waals surface area contributed by atoms with Crippen molar-refractivity contribution in [1.82, 2.24) is 0 Å². The fourth-order valence-corrected chi connectivity index (χ4v) is 3.19. The van der Waals surface area contributed by atoms with E-state index in [2.05, 4.69) is 15.9 Å². The number of hydrogen-bond donors (Lipinski definition) is 0. The molecule has 0 fully saturated rings. The van der Waals surface area contributed by atoms with Gasteiger partial charge in [0.15, 0.2) is 0 Å². The Kier molecular flexibility index (Phi) is 3.43. The van der Waals surface area contributed by atoms with E-state index in [1.54, 1.807) is 6.07 Å². The van der Waals surface area contributed by atoms with Crippen molar-refractivity contribution in [3.8, 4) is 6.07 Å². The highest BCUT2D eigenvalue weighted by atomic mass is 79.9.